The van der Waals surface area contributed by atoms with Gasteiger partial charge < -0.3 is 0 Å². The molecule has 0 aliphatic carbocycles. The third kappa shape index (κ3) is 14.4. The molecule has 0 heterocycles. The van der Waals surface area contributed by atoms with Crippen LogP contribution in [0, 0.1) is 48.4 Å². The first-order chi connectivity index (χ1) is 10.3. The van der Waals surface area contributed by atoms with E-state index in [4.69, 9.17) is 12.8 Å². The number of rotatable bonds is 9. The van der Waals surface area contributed by atoms with Crippen LogP contribution in [0.15, 0.2) is 0 Å². The number of nitrogens with zero attached hydrogens (tertiary/aromatic N) is 1. The van der Waals surface area contributed by atoms with Crippen molar-refractivity contribution < 1.29 is 0 Å². The Kier molecular flexibility index (Phi) is 14.9. The molecule has 0 radical (unpaired) electrons. The minimum absolute atomic E-state index is 0.801. The summed E-state index contributed by atoms with van der Waals surface area (Å²) in [5.74, 6) is 18.1. The first-order valence-corrected chi connectivity index (χ1v) is 7.85. The molecule has 112 valence electrons. The van der Waals surface area contributed by atoms with E-state index >= 15 is 0 Å². The van der Waals surface area contributed by atoms with Crippen LogP contribution in [0.1, 0.15) is 58.3 Å². The van der Waals surface area contributed by atoms with Gasteiger partial charge in [0.2, 0.25) is 0 Å². The smallest absolute Gasteiger partial charge is 0.0609 e. The highest BCUT2D eigenvalue weighted by atomic mass is 15.1. The lowest BCUT2D eigenvalue weighted by molar-refractivity contribution is 0.338. The second kappa shape index (κ2) is 16.3. The van der Waals surface area contributed by atoms with Gasteiger partial charge in [-0.25, -0.2) is 0 Å². The summed E-state index contributed by atoms with van der Waals surface area (Å²) in [5.41, 5.74) is 0. The summed E-state index contributed by atoms with van der Waals surface area (Å²) in [6, 6.07) is 0. The molecule has 0 aliphatic heterocycles. The summed E-state index contributed by atoms with van der Waals surface area (Å²) in [4.78, 5) is 2.31. The normalized spacial score (nSPS) is 8.95. The van der Waals surface area contributed by atoms with Crippen LogP contribution in [0.2, 0.25) is 0 Å². The molecule has 1 nitrogen and oxygen atoms in total. The molecule has 0 fully saturated rings. The lowest BCUT2D eigenvalue weighted by atomic mass is 10.2. The highest BCUT2D eigenvalue weighted by Gasteiger charge is 1.99. The van der Waals surface area contributed by atoms with Gasteiger partial charge in [0.25, 0.3) is 0 Å². The summed E-state index contributed by atoms with van der Waals surface area (Å²) >= 11 is 0. The van der Waals surface area contributed by atoms with Gasteiger partial charge in [-0.1, -0.05) is 25.2 Å². The Hall–Kier alpha value is -1.80. The summed E-state index contributed by atoms with van der Waals surface area (Å²) in [6.07, 6.45) is 18.2. The zero-order chi connectivity index (χ0) is 15.6. The Labute approximate surface area is 131 Å². The Morgan fingerprint density at radius 1 is 0.714 bits per heavy atom. The van der Waals surface area contributed by atoms with E-state index in [1.807, 2.05) is 0 Å². The van der Waals surface area contributed by atoms with Crippen molar-refractivity contribution in [3.63, 3.8) is 0 Å². The second-order valence-electron chi connectivity index (χ2n) is 4.89. The quantitative estimate of drug-likeness (QED) is 0.460. The number of terminal acetylenes is 2. The molecule has 0 bridgehead atoms. The van der Waals surface area contributed by atoms with E-state index in [-0.39, 0.29) is 0 Å². The first-order valence-electron chi connectivity index (χ1n) is 7.85. The molecule has 0 atom stereocenters. The van der Waals surface area contributed by atoms with E-state index in [0.717, 1.165) is 58.2 Å². The van der Waals surface area contributed by atoms with Gasteiger partial charge in [0.15, 0.2) is 0 Å². The Bertz CT molecular complexity index is 399. The van der Waals surface area contributed by atoms with Crippen molar-refractivity contribution in [3.05, 3.63) is 0 Å². The number of hydrogen-bond acceptors (Lipinski definition) is 1. The molecular formula is C20H27N. The fourth-order valence-corrected chi connectivity index (χ4v) is 1.67. The van der Waals surface area contributed by atoms with Crippen molar-refractivity contribution in [1.82, 2.24) is 4.90 Å². The number of unbranched alkanes of at least 4 members (excludes halogenated alkanes) is 5. The molecule has 21 heavy (non-hydrogen) atoms. The standard InChI is InChI=1S/C20H27N/c1-4-7-10-12-14-16-19-21(18-9-6-3)20-17-15-13-11-8-5-2/h1-2H,6-13,18-20H2,3H3. The molecule has 0 N–H and O–H groups in total. The van der Waals surface area contributed by atoms with Crippen molar-refractivity contribution in [2.45, 2.75) is 58.3 Å². The maximum Gasteiger partial charge on any atom is 0.0609 e. The fourth-order valence-electron chi connectivity index (χ4n) is 1.67. The third-order valence-electron chi connectivity index (χ3n) is 2.93. The minimum atomic E-state index is 0.801. The van der Waals surface area contributed by atoms with Gasteiger partial charge in [-0.2, -0.15) is 0 Å². The van der Waals surface area contributed by atoms with Crippen LogP contribution in [-0.4, -0.2) is 24.5 Å². The van der Waals surface area contributed by atoms with E-state index in [9.17, 15) is 0 Å². The molecule has 0 aliphatic rings. The van der Waals surface area contributed by atoms with Crippen molar-refractivity contribution in [1.29, 1.82) is 0 Å². The van der Waals surface area contributed by atoms with E-state index in [0.29, 0.717) is 0 Å². The van der Waals surface area contributed by atoms with Gasteiger partial charge in [0.1, 0.15) is 0 Å². The zero-order valence-electron chi connectivity index (χ0n) is 13.4. The van der Waals surface area contributed by atoms with Crippen LogP contribution in [0.5, 0.6) is 0 Å². The molecule has 0 aromatic carbocycles. The Balaban J connectivity index is 4.02. The van der Waals surface area contributed by atoms with Crippen LogP contribution in [-0.2, 0) is 0 Å². The summed E-state index contributed by atoms with van der Waals surface area (Å²) in [5, 5.41) is 0. The van der Waals surface area contributed by atoms with E-state index in [1.165, 1.54) is 12.8 Å². The van der Waals surface area contributed by atoms with Crippen LogP contribution in [0.3, 0.4) is 0 Å². The fraction of sp³-hybridized carbons (Fsp3) is 0.600. The predicted octanol–water partition coefficient (Wildman–Crippen LogP) is 3.70. The Morgan fingerprint density at radius 3 is 1.67 bits per heavy atom. The molecule has 0 saturated carbocycles. The maximum atomic E-state index is 5.21. The average molecular weight is 281 g/mol. The van der Waals surface area contributed by atoms with E-state index in [1.54, 1.807) is 0 Å². The van der Waals surface area contributed by atoms with Gasteiger partial charge in [-0.3, -0.25) is 4.90 Å². The molecule has 0 amide bonds. The third-order valence-corrected chi connectivity index (χ3v) is 2.93. The van der Waals surface area contributed by atoms with Gasteiger partial charge in [0, 0.05) is 32.2 Å². The van der Waals surface area contributed by atoms with Crippen molar-refractivity contribution in [2.24, 2.45) is 0 Å². The van der Waals surface area contributed by atoms with Crippen LogP contribution < -0.4 is 0 Å². The predicted molar refractivity (Wildman–Crippen MR) is 92.3 cm³/mol. The molecule has 0 aromatic rings. The second-order valence-corrected chi connectivity index (χ2v) is 4.89. The molecular weight excluding hydrogens is 254 g/mol. The molecule has 1 heteroatoms. The molecule has 0 unspecified atom stereocenters. The van der Waals surface area contributed by atoms with Crippen LogP contribution >= 0.6 is 0 Å². The van der Waals surface area contributed by atoms with E-state index in [2.05, 4.69) is 47.3 Å². The van der Waals surface area contributed by atoms with Gasteiger partial charge in [0.05, 0.1) is 13.1 Å². The number of hydrogen-bond donors (Lipinski definition) is 0. The monoisotopic (exact) mass is 281 g/mol. The molecule has 0 saturated heterocycles. The Morgan fingerprint density at radius 2 is 1.24 bits per heavy atom. The topological polar surface area (TPSA) is 3.24 Å². The summed E-state index contributed by atoms with van der Waals surface area (Å²) in [7, 11) is 0. The van der Waals surface area contributed by atoms with Crippen molar-refractivity contribution >= 4 is 0 Å². The summed E-state index contributed by atoms with van der Waals surface area (Å²) < 4.78 is 0. The highest BCUT2D eigenvalue weighted by Crippen LogP contribution is 1.96. The SMILES string of the molecule is C#CCCCC#CCN(CC#CCCCC#C)CCCC. The zero-order valence-corrected chi connectivity index (χ0v) is 13.4. The lowest BCUT2D eigenvalue weighted by Gasteiger charge is -2.15. The minimum Gasteiger partial charge on any atom is -0.281 e. The molecule has 0 spiro atoms. The largest absolute Gasteiger partial charge is 0.281 e. The maximum absolute atomic E-state index is 5.21. The molecule has 0 aromatic heterocycles. The van der Waals surface area contributed by atoms with Crippen LogP contribution in [0.25, 0.3) is 0 Å². The highest BCUT2D eigenvalue weighted by molar-refractivity contribution is 5.06. The average Bonchev–Trinajstić information content (AvgIpc) is 2.50. The van der Waals surface area contributed by atoms with Gasteiger partial charge in [-0.15, -0.1) is 36.5 Å². The van der Waals surface area contributed by atoms with Gasteiger partial charge in [-0.05, 0) is 19.3 Å². The van der Waals surface area contributed by atoms with Crippen LogP contribution in [0.4, 0.5) is 0 Å². The first kappa shape index (κ1) is 19.2. The molecule has 0 rings (SSSR count). The lowest BCUT2D eigenvalue weighted by Crippen LogP contribution is -2.25. The van der Waals surface area contributed by atoms with Crippen molar-refractivity contribution in [3.8, 4) is 48.4 Å². The van der Waals surface area contributed by atoms with Gasteiger partial charge >= 0.3 is 0 Å². The summed E-state index contributed by atoms with van der Waals surface area (Å²) in [6.45, 7) is 4.87. The van der Waals surface area contributed by atoms with E-state index < -0.39 is 0 Å². The van der Waals surface area contributed by atoms with Crippen molar-refractivity contribution in [2.75, 3.05) is 19.6 Å².